The predicted octanol–water partition coefficient (Wildman–Crippen LogP) is 6.05. The molecule has 2 aromatic carbocycles. The number of benzene rings is 2. The molecule has 1 fully saturated rings. The zero-order chi connectivity index (χ0) is 27.6. The number of likely N-dealkylation sites (tertiary alicyclic amines) is 1. The van der Waals surface area contributed by atoms with E-state index in [1.807, 2.05) is 32.9 Å². The van der Waals surface area contributed by atoms with Crippen LogP contribution in [0.1, 0.15) is 48.0 Å². The maximum absolute atomic E-state index is 13.6. The van der Waals surface area contributed by atoms with Gasteiger partial charge in [0.15, 0.2) is 0 Å². The molecule has 0 N–H and O–H groups in total. The van der Waals surface area contributed by atoms with Gasteiger partial charge in [-0.3, -0.25) is 0 Å². The second-order valence-electron chi connectivity index (χ2n) is 13.5. The van der Waals surface area contributed by atoms with Gasteiger partial charge in [-0.1, -0.05) is 0 Å². The van der Waals surface area contributed by atoms with Gasteiger partial charge in [0.25, 0.3) is 0 Å². The Morgan fingerprint density at radius 1 is 0.919 bits per heavy atom. The summed E-state index contributed by atoms with van der Waals surface area (Å²) in [6.07, 6.45) is 0.0740. The molecule has 2 aromatic rings. The molecule has 0 saturated carbocycles. The Bertz CT molecular complexity index is 1030. The second kappa shape index (κ2) is 11.2. The molecule has 0 aromatic heterocycles. The van der Waals surface area contributed by atoms with Gasteiger partial charge in [-0.15, -0.1) is 0 Å². The normalized spacial score (nSPS) is 19.3. The maximum atomic E-state index is 13.6. The van der Waals surface area contributed by atoms with E-state index in [1.165, 1.54) is 15.3 Å². The van der Waals surface area contributed by atoms with Crippen molar-refractivity contribution in [3.63, 3.8) is 0 Å². The minimum absolute atomic E-state index is 0.100. The number of hydrogen-bond acceptors (Lipinski definition) is 4. The molecule has 2 amide bonds. The van der Waals surface area contributed by atoms with Crippen LogP contribution in [0, 0.1) is 5.92 Å². The summed E-state index contributed by atoms with van der Waals surface area (Å²) in [6, 6.07) is 20.6. The van der Waals surface area contributed by atoms with Gasteiger partial charge in [0.05, 0.1) is 0 Å². The molecule has 5 nitrogen and oxygen atoms in total. The molecule has 0 bridgehead atoms. The first-order chi connectivity index (χ1) is 17.1. The number of rotatable bonds is 7. The Balaban J connectivity index is 2.03. The van der Waals surface area contributed by atoms with Gasteiger partial charge in [-0.25, -0.2) is 0 Å². The first-order valence-corrected chi connectivity index (χ1v) is 25.9. The number of amides is 2. The van der Waals surface area contributed by atoms with Gasteiger partial charge in [0.1, 0.15) is 0 Å². The summed E-state index contributed by atoms with van der Waals surface area (Å²) in [5.41, 5.74) is -0.678. The Hall–Kier alpha value is -1.64. The van der Waals surface area contributed by atoms with Gasteiger partial charge >= 0.3 is 230 Å². The molecular weight excluding hydrogens is 585 g/mol. The number of nitrogens with zero attached hydrogens (tertiary/aromatic N) is 1. The van der Waals surface area contributed by atoms with Gasteiger partial charge < -0.3 is 0 Å². The fourth-order valence-electron chi connectivity index (χ4n) is 5.50. The van der Waals surface area contributed by atoms with Crippen molar-refractivity contribution in [3.8, 4) is 0 Å². The van der Waals surface area contributed by atoms with Gasteiger partial charge in [0.2, 0.25) is 0 Å². The van der Waals surface area contributed by atoms with Crippen molar-refractivity contribution >= 4 is 49.1 Å². The molecule has 202 valence electrons. The van der Waals surface area contributed by atoms with E-state index in [4.69, 9.17) is 9.16 Å². The summed E-state index contributed by atoms with van der Waals surface area (Å²) in [4.78, 5) is 35.3. The molecule has 1 saturated heterocycles. The van der Waals surface area contributed by atoms with E-state index in [0.29, 0.717) is 13.0 Å². The van der Waals surface area contributed by atoms with Crippen molar-refractivity contribution in [2.45, 2.75) is 83.9 Å². The van der Waals surface area contributed by atoms with E-state index < -0.39 is 38.4 Å². The molecule has 0 unspecified atom stereocenters. The molecule has 0 radical (unpaired) electrons. The zero-order valence-corrected chi connectivity index (χ0v) is 28.0. The molecule has 1 heterocycles. The van der Waals surface area contributed by atoms with Crippen LogP contribution in [0.2, 0.25) is 24.3 Å². The molecule has 3 rings (SSSR count). The van der Waals surface area contributed by atoms with Crippen molar-refractivity contribution in [1.29, 1.82) is 0 Å². The van der Waals surface area contributed by atoms with Crippen molar-refractivity contribution in [2.24, 2.45) is 5.92 Å². The number of imide groups is 1. The Kier molecular flexibility index (Phi) is 9.07. The second-order valence-corrected chi connectivity index (χ2v) is 33.6. The van der Waals surface area contributed by atoms with Crippen LogP contribution in [0.4, 0.5) is 4.79 Å². The van der Waals surface area contributed by atoms with E-state index >= 15 is 0 Å². The molecule has 0 spiro atoms. The minimum atomic E-state index is -2.80. The van der Waals surface area contributed by atoms with Crippen LogP contribution >= 0.6 is 0 Å². The van der Waals surface area contributed by atoms with Gasteiger partial charge in [-0.2, -0.15) is 0 Å². The van der Waals surface area contributed by atoms with Crippen LogP contribution in [0.15, 0.2) is 60.7 Å². The Labute approximate surface area is 228 Å². The predicted molar refractivity (Wildman–Crippen MR) is 157 cm³/mol. The average molecular weight is 630 g/mol. The van der Waals surface area contributed by atoms with Crippen LogP contribution in [-0.2, 0) is 14.0 Å². The summed E-state index contributed by atoms with van der Waals surface area (Å²) in [5.74, 6) is -0.243. The SMILES string of the molecule is CC(C)(C)OC(=O)N1C(=O)[C@@H]([CH2][Sn]([CH3])([CH3])[CH3])C[C@@H]1CO[Si](c1ccccc1)(c1ccccc1)C(C)(C)C. The van der Waals surface area contributed by atoms with Gasteiger partial charge in [0, 0.05) is 0 Å². The van der Waals surface area contributed by atoms with E-state index in [9.17, 15) is 9.59 Å². The topological polar surface area (TPSA) is 55.8 Å². The molecular formula is C30H45NO4SiSn. The first kappa shape index (κ1) is 29.9. The van der Waals surface area contributed by atoms with Crippen molar-refractivity contribution in [3.05, 3.63) is 60.7 Å². The van der Waals surface area contributed by atoms with E-state index in [2.05, 4.69) is 84.1 Å². The monoisotopic (exact) mass is 631 g/mol. The molecule has 1 aliphatic rings. The summed E-state index contributed by atoms with van der Waals surface area (Å²) >= 11 is -2.30. The molecule has 37 heavy (non-hydrogen) atoms. The van der Waals surface area contributed by atoms with Crippen molar-refractivity contribution in [1.82, 2.24) is 4.90 Å². The number of carbonyl (C=O) groups excluding carboxylic acids is 2. The van der Waals surface area contributed by atoms with Crippen LogP contribution in [0.5, 0.6) is 0 Å². The number of hydrogen-bond donors (Lipinski definition) is 0. The van der Waals surface area contributed by atoms with Crippen LogP contribution < -0.4 is 10.4 Å². The molecule has 1 aliphatic heterocycles. The summed E-state index contributed by atoms with van der Waals surface area (Å²) in [6.45, 7) is 12.5. The summed E-state index contributed by atoms with van der Waals surface area (Å²) in [7, 11) is -2.80. The zero-order valence-electron chi connectivity index (χ0n) is 24.1. The molecule has 2 atom stereocenters. The quantitative estimate of drug-likeness (QED) is 0.350. The molecule has 0 aliphatic carbocycles. The first-order valence-electron chi connectivity index (χ1n) is 13.4. The number of carbonyl (C=O) groups is 2. The molecule has 7 heteroatoms. The third kappa shape index (κ3) is 7.06. The number of ether oxygens (including phenoxy) is 1. The van der Waals surface area contributed by atoms with E-state index in [1.54, 1.807) is 0 Å². The summed E-state index contributed by atoms with van der Waals surface area (Å²) < 4.78 is 13.8. The van der Waals surface area contributed by atoms with Crippen molar-refractivity contribution in [2.75, 3.05) is 6.61 Å². The fraction of sp³-hybridized carbons (Fsp3) is 0.533. The van der Waals surface area contributed by atoms with Crippen LogP contribution in [-0.4, -0.2) is 61.8 Å². The fourth-order valence-corrected chi connectivity index (χ4v) is 15.3. The third-order valence-corrected chi connectivity index (χ3v) is 16.8. The Morgan fingerprint density at radius 2 is 1.41 bits per heavy atom. The third-order valence-electron chi connectivity index (χ3n) is 6.87. The van der Waals surface area contributed by atoms with E-state index in [0.717, 1.165) is 4.44 Å². The standard InChI is InChI=1S/C27H36NO4Si.3CH3.Sn/c1-20-18-21(28(24(20)29)25(30)32-26(2,3)4)19-31-33(27(5,6)7,22-14-10-8-11-15-22)23-16-12-9-13-17-23;;;;/h8-17,20-21H,1,18-19H2,2-7H3;3*1H3;/t20-,21+;;;;/m0..../s1. The average Bonchev–Trinajstić information content (AvgIpc) is 3.07. The van der Waals surface area contributed by atoms with Crippen LogP contribution in [0.3, 0.4) is 0 Å². The summed E-state index contributed by atoms with van der Waals surface area (Å²) in [5, 5.41) is 2.18. The van der Waals surface area contributed by atoms with Crippen LogP contribution in [0.25, 0.3) is 0 Å². The Morgan fingerprint density at radius 3 is 1.81 bits per heavy atom. The van der Waals surface area contributed by atoms with E-state index in [-0.39, 0.29) is 22.9 Å². The van der Waals surface area contributed by atoms with Crippen molar-refractivity contribution < 1.29 is 18.8 Å². The van der Waals surface area contributed by atoms with Gasteiger partial charge in [-0.05, 0) is 0 Å².